The lowest BCUT2D eigenvalue weighted by Crippen LogP contribution is -2.57. The van der Waals surface area contributed by atoms with Crippen LogP contribution in [0.1, 0.15) is 26.0 Å². The highest BCUT2D eigenvalue weighted by molar-refractivity contribution is 5.94. The number of nitrogens with zero attached hydrogens (tertiary/aromatic N) is 3. The molecule has 6 heteroatoms. The summed E-state index contributed by atoms with van der Waals surface area (Å²) in [6.07, 6.45) is 2.50. The van der Waals surface area contributed by atoms with Crippen molar-refractivity contribution >= 4 is 11.8 Å². The van der Waals surface area contributed by atoms with E-state index in [4.69, 9.17) is 0 Å². The summed E-state index contributed by atoms with van der Waals surface area (Å²) in [5.41, 5.74) is 0.800. The zero-order chi connectivity index (χ0) is 14.0. The van der Waals surface area contributed by atoms with Crippen LogP contribution in [0.2, 0.25) is 0 Å². The number of nitrogens with one attached hydrogen (secondary N) is 1. The Morgan fingerprint density at radius 3 is 2.79 bits per heavy atom. The molecular weight excluding hydrogens is 244 g/mol. The second-order valence-electron chi connectivity index (χ2n) is 5.42. The fourth-order valence-corrected chi connectivity index (χ4v) is 2.28. The van der Waals surface area contributed by atoms with Gasteiger partial charge < -0.3 is 10.2 Å². The third kappa shape index (κ3) is 3.33. The van der Waals surface area contributed by atoms with Gasteiger partial charge in [0.2, 0.25) is 11.8 Å². The number of piperazine rings is 1. The molecule has 1 aliphatic heterocycles. The van der Waals surface area contributed by atoms with Gasteiger partial charge in [0.25, 0.3) is 0 Å². The Labute approximate surface area is 112 Å². The minimum Gasteiger partial charge on any atom is -0.343 e. The Balaban J connectivity index is 2.06. The topological polar surface area (TPSA) is 67.2 Å². The summed E-state index contributed by atoms with van der Waals surface area (Å²) >= 11 is 0. The van der Waals surface area contributed by atoms with Gasteiger partial charge in [-0.1, -0.05) is 13.8 Å². The van der Waals surface area contributed by atoms with E-state index in [9.17, 15) is 9.59 Å². The largest absolute Gasteiger partial charge is 0.343 e. The normalized spacial score (nSPS) is 20.0. The lowest BCUT2D eigenvalue weighted by Gasteiger charge is -2.32. The van der Waals surface area contributed by atoms with Gasteiger partial charge in [-0.25, -0.2) is 0 Å². The average molecular weight is 264 g/mol. The number of hydrogen-bond acceptors (Lipinski definition) is 3. The molecule has 2 heterocycles. The number of carbonyl (C=O) groups excluding carboxylic acids is 2. The predicted octanol–water partition coefficient (Wildman–Crippen LogP) is 0.293. The van der Waals surface area contributed by atoms with Crippen LogP contribution in [0.4, 0.5) is 0 Å². The Morgan fingerprint density at radius 1 is 1.47 bits per heavy atom. The third-order valence-electron chi connectivity index (χ3n) is 3.11. The van der Waals surface area contributed by atoms with Gasteiger partial charge in [-0.2, -0.15) is 5.10 Å². The molecule has 1 unspecified atom stereocenters. The molecule has 0 aliphatic carbocycles. The highest BCUT2D eigenvalue weighted by Crippen LogP contribution is 2.13. The highest BCUT2D eigenvalue weighted by Gasteiger charge is 2.33. The molecule has 1 atom stereocenters. The van der Waals surface area contributed by atoms with Crippen molar-refractivity contribution in [1.29, 1.82) is 0 Å². The van der Waals surface area contributed by atoms with E-state index in [-0.39, 0.29) is 18.4 Å². The van der Waals surface area contributed by atoms with Crippen molar-refractivity contribution in [3.8, 4) is 0 Å². The van der Waals surface area contributed by atoms with Crippen LogP contribution in [0.5, 0.6) is 0 Å². The maximum atomic E-state index is 12.3. The smallest absolute Gasteiger partial charge is 0.245 e. The molecule has 0 aromatic carbocycles. The monoisotopic (exact) mass is 264 g/mol. The quantitative estimate of drug-likeness (QED) is 0.850. The number of hydrogen-bond donors (Lipinski definition) is 1. The van der Waals surface area contributed by atoms with Crippen molar-refractivity contribution in [2.45, 2.75) is 32.9 Å². The molecule has 1 aliphatic rings. The summed E-state index contributed by atoms with van der Waals surface area (Å²) in [7, 11) is 1.83. The molecule has 6 nitrogen and oxygen atoms in total. The van der Waals surface area contributed by atoms with Crippen molar-refractivity contribution in [2.75, 3.05) is 6.54 Å². The van der Waals surface area contributed by atoms with Gasteiger partial charge in [-0.15, -0.1) is 0 Å². The second kappa shape index (κ2) is 5.42. The van der Waals surface area contributed by atoms with E-state index >= 15 is 0 Å². The average Bonchev–Trinajstić information content (AvgIpc) is 2.70. The number of aryl methyl sites for hydroxylation is 1. The fourth-order valence-electron chi connectivity index (χ4n) is 2.28. The summed E-state index contributed by atoms with van der Waals surface area (Å²) in [5, 5.41) is 7.00. The second-order valence-corrected chi connectivity index (χ2v) is 5.42. The molecule has 104 valence electrons. The number of carbonyl (C=O) groups is 2. The standard InChI is InChI=1S/C13H20N4O2/c1-9(2)6-11-13(19)17(8-12(18)14-11)7-10-4-5-16(3)15-10/h4-5,9,11H,6-8H2,1-3H3,(H,14,18). The van der Waals surface area contributed by atoms with Crippen LogP contribution >= 0.6 is 0 Å². The molecule has 1 N–H and O–H groups in total. The highest BCUT2D eigenvalue weighted by atomic mass is 16.2. The minimum absolute atomic E-state index is 0.0149. The molecule has 0 bridgehead atoms. The molecule has 1 saturated heterocycles. The van der Waals surface area contributed by atoms with Crippen LogP contribution in [0.25, 0.3) is 0 Å². The van der Waals surface area contributed by atoms with Crippen LogP contribution in [-0.4, -0.2) is 39.1 Å². The van der Waals surface area contributed by atoms with Gasteiger partial charge in [0, 0.05) is 13.2 Å². The van der Waals surface area contributed by atoms with Gasteiger partial charge in [-0.05, 0) is 18.4 Å². The minimum atomic E-state index is -0.398. The van der Waals surface area contributed by atoms with E-state index in [0.29, 0.717) is 18.9 Å². The van der Waals surface area contributed by atoms with Crippen LogP contribution in [-0.2, 0) is 23.2 Å². The molecule has 1 fully saturated rings. The van der Waals surface area contributed by atoms with Crippen molar-refractivity contribution < 1.29 is 9.59 Å². The molecule has 1 aromatic heterocycles. The van der Waals surface area contributed by atoms with E-state index in [1.807, 2.05) is 33.2 Å². The van der Waals surface area contributed by atoms with E-state index in [2.05, 4.69) is 10.4 Å². The summed E-state index contributed by atoms with van der Waals surface area (Å²) in [6, 6.07) is 1.46. The zero-order valence-electron chi connectivity index (χ0n) is 11.6. The molecule has 19 heavy (non-hydrogen) atoms. The number of rotatable bonds is 4. The van der Waals surface area contributed by atoms with Gasteiger partial charge in [-0.3, -0.25) is 14.3 Å². The summed E-state index contributed by atoms with van der Waals surface area (Å²) in [4.78, 5) is 25.5. The molecule has 0 spiro atoms. The van der Waals surface area contributed by atoms with Crippen molar-refractivity contribution in [3.05, 3.63) is 18.0 Å². The van der Waals surface area contributed by atoms with Crippen LogP contribution in [0.15, 0.2) is 12.3 Å². The summed E-state index contributed by atoms with van der Waals surface area (Å²) in [5.74, 6) is 0.254. The van der Waals surface area contributed by atoms with Gasteiger partial charge in [0.1, 0.15) is 12.6 Å². The van der Waals surface area contributed by atoms with E-state index in [1.54, 1.807) is 9.58 Å². The van der Waals surface area contributed by atoms with Gasteiger partial charge >= 0.3 is 0 Å². The van der Waals surface area contributed by atoms with Gasteiger partial charge in [0.05, 0.1) is 12.2 Å². The van der Waals surface area contributed by atoms with E-state index in [0.717, 1.165) is 5.69 Å². The summed E-state index contributed by atoms with van der Waals surface area (Å²) < 4.78 is 1.69. The first-order chi connectivity index (χ1) is 8.95. The molecule has 0 radical (unpaired) electrons. The van der Waals surface area contributed by atoms with E-state index in [1.165, 1.54) is 0 Å². The Kier molecular flexibility index (Phi) is 3.87. The Bertz CT molecular complexity index is 481. The first kappa shape index (κ1) is 13.6. The Morgan fingerprint density at radius 2 is 2.21 bits per heavy atom. The predicted molar refractivity (Wildman–Crippen MR) is 70.0 cm³/mol. The molecule has 0 saturated carbocycles. The summed E-state index contributed by atoms with van der Waals surface area (Å²) in [6.45, 7) is 4.58. The van der Waals surface area contributed by atoms with Crippen LogP contribution in [0.3, 0.4) is 0 Å². The van der Waals surface area contributed by atoms with Crippen molar-refractivity contribution in [3.63, 3.8) is 0 Å². The molecule has 2 rings (SSSR count). The maximum absolute atomic E-state index is 12.3. The van der Waals surface area contributed by atoms with Crippen LogP contribution in [0, 0.1) is 5.92 Å². The lowest BCUT2D eigenvalue weighted by atomic mass is 10.0. The number of amides is 2. The SMILES string of the molecule is CC(C)CC1NC(=O)CN(Cc2ccn(C)n2)C1=O. The maximum Gasteiger partial charge on any atom is 0.245 e. The molecule has 2 amide bonds. The fraction of sp³-hybridized carbons (Fsp3) is 0.615. The third-order valence-corrected chi connectivity index (χ3v) is 3.11. The lowest BCUT2D eigenvalue weighted by molar-refractivity contribution is -0.145. The van der Waals surface area contributed by atoms with Crippen molar-refractivity contribution in [1.82, 2.24) is 20.0 Å². The van der Waals surface area contributed by atoms with Crippen LogP contribution < -0.4 is 5.32 Å². The first-order valence-electron chi connectivity index (χ1n) is 6.52. The molecular formula is C13H20N4O2. The van der Waals surface area contributed by atoms with E-state index < -0.39 is 6.04 Å². The first-order valence-corrected chi connectivity index (χ1v) is 6.52. The van der Waals surface area contributed by atoms with Gasteiger partial charge in [0.15, 0.2) is 0 Å². The Hall–Kier alpha value is -1.85. The van der Waals surface area contributed by atoms with Crippen molar-refractivity contribution in [2.24, 2.45) is 13.0 Å². The zero-order valence-corrected chi connectivity index (χ0v) is 11.6. The molecule has 1 aromatic rings. The number of aromatic nitrogens is 2.